The smallest absolute Gasteiger partial charge is 0.367 e. The highest BCUT2D eigenvalue weighted by molar-refractivity contribution is 7.18. The molecule has 0 N–H and O–H groups in total. The van der Waals surface area contributed by atoms with Gasteiger partial charge in [-0.3, -0.25) is 0 Å². The van der Waals surface area contributed by atoms with Gasteiger partial charge >= 0.3 is 5.97 Å². The first-order valence-corrected chi connectivity index (χ1v) is 9.88. The van der Waals surface area contributed by atoms with Crippen LogP contribution in [0.4, 0.5) is 5.00 Å². The van der Waals surface area contributed by atoms with E-state index in [2.05, 4.69) is 11.0 Å². The number of carbonyl (C=O) groups is 1. The molecule has 9 heteroatoms. The largest absolute Gasteiger partial charge is 0.378 e. The molecule has 0 bridgehead atoms. The first-order chi connectivity index (χ1) is 13.0. The first-order valence-electron chi connectivity index (χ1n) is 8.30. The van der Waals surface area contributed by atoms with Gasteiger partial charge in [-0.25, -0.2) is 4.79 Å². The first kappa shape index (κ1) is 18.5. The molecule has 4 rings (SSSR count). The summed E-state index contributed by atoms with van der Waals surface area (Å²) in [7, 11) is 1.67. The molecule has 1 fully saturated rings. The summed E-state index contributed by atoms with van der Waals surface area (Å²) in [6.45, 7) is 2.54. The Morgan fingerprint density at radius 2 is 2.00 bits per heavy atom. The lowest BCUT2D eigenvalue weighted by molar-refractivity contribution is -0.117. The van der Waals surface area contributed by atoms with Crippen molar-refractivity contribution in [3.63, 3.8) is 0 Å². The van der Waals surface area contributed by atoms with Gasteiger partial charge in [-0.05, 0) is 17.7 Å². The summed E-state index contributed by atoms with van der Waals surface area (Å²) in [5.74, 6) is -0.454. The normalized spacial score (nSPS) is 20.1. The van der Waals surface area contributed by atoms with Crippen LogP contribution in [0.5, 0.6) is 0 Å². The van der Waals surface area contributed by atoms with Crippen LogP contribution in [0.2, 0.25) is 10.0 Å². The van der Waals surface area contributed by atoms with E-state index >= 15 is 0 Å². The zero-order valence-electron chi connectivity index (χ0n) is 14.4. The fourth-order valence-corrected chi connectivity index (χ4v) is 4.92. The molecule has 0 spiro atoms. The van der Waals surface area contributed by atoms with Crippen molar-refractivity contribution in [1.82, 2.24) is 5.06 Å². The SMILES string of the molecule is CN1OC(=O)c2sc(N3CCOCC3)c(C#N)c2C1c1ccc(Cl)c(Cl)c1. The summed E-state index contributed by atoms with van der Waals surface area (Å²) in [5, 5.41) is 13.0. The predicted octanol–water partition coefficient (Wildman–Crippen LogP) is 3.87. The fourth-order valence-electron chi connectivity index (χ4n) is 3.41. The molecule has 2 aliphatic heterocycles. The molecule has 1 aromatic carbocycles. The Hall–Kier alpha value is -1.82. The molecule has 0 amide bonds. The van der Waals surface area contributed by atoms with Crippen molar-refractivity contribution in [2.24, 2.45) is 0 Å². The Balaban J connectivity index is 1.88. The monoisotopic (exact) mass is 423 g/mol. The predicted molar refractivity (Wildman–Crippen MR) is 104 cm³/mol. The molecule has 27 heavy (non-hydrogen) atoms. The van der Waals surface area contributed by atoms with Gasteiger partial charge in [-0.1, -0.05) is 29.3 Å². The van der Waals surface area contributed by atoms with Crippen molar-refractivity contribution in [3.8, 4) is 6.07 Å². The molecule has 1 atom stereocenters. The van der Waals surface area contributed by atoms with Gasteiger partial charge in [0.25, 0.3) is 0 Å². The quantitative estimate of drug-likeness (QED) is 0.730. The van der Waals surface area contributed by atoms with E-state index in [1.54, 1.807) is 19.2 Å². The van der Waals surface area contributed by atoms with Crippen molar-refractivity contribution in [2.75, 3.05) is 38.3 Å². The zero-order chi connectivity index (χ0) is 19.1. The van der Waals surface area contributed by atoms with Crippen molar-refractivity contribution >= 4 is 45.5 Å². The number of morpholine rings is 1. The lowest BCUT2D eigenvalue weighted by atomic mass is 9.94. The maximum Gasteiger partial charge on any atom is 0.367 e. The molecule has 0 aliphatic carbocycles. The minimum atomic E-state index is -0.454. The van der Waals surface area contributed by atoms with Gasteiger partial charge in [0.2, 0.25) is 0 Å². The van der Waals surface area contributed by atoms with Gasteiger partial charge in [0.1, 0.15) is 15.9 Å². The molecule has 6 nitrogen and oxygen atoms in total. The number of ether oxygens (including phenoxy) is 1. The number of benzene rings is 1. The van der Waals surface area contributed by atoms with Crippen LogP contribution < -0.4 is 4.90 Å². The fraction of sp³-hybridized carbons (Fsp3) is 0.333. The van der Waals surface area contributed by atoms with Crippen molar-refractivity contribution in [1.29, 1.82) is 5.26 Å². The lowest BCUT2D eigenvalue weighted by Crippen LogP contribution is -2.36. The Labute approximate surface area is 170 Å². The Morgan fingerprint density at radius 1 is 1.26 bits per heavy atom. The highest BCUT2D eigenvalue weighted by Crippen LogP contribution is 2.46. The summed E-state index contributed by atoms with van der Waals surface area (Å²) in [6.07, 6.45) is 0. The van der Waals surface area contributed by atoms with E-state index < -0.39 is 12.0 Å². The minimum Gasteiger partial charge on any atom is -0.378 e. The zero-order valence-corrected chi connectivity index (χ0v) is 16.7. The van der Waals surface area contributed by atoms with E-state index in [9.17, 15) is 10.1 Å². The Bertz CT molecular complexity index is 950. The molecule has 2 aliphatic rings. The van der Waals surface area contributed by atoms with Crippen LogP contribution in [0, 0.1) is 11.3 Å². The van der Waals surface area contributed by atoms with E-state index in [0.717, 1.165) is 10.6 Å². The number of thiophene rings is 1. The number of nitriles is 1. The van der Waals surface area contributed by atoms with Crippen LogP contribution in [0.1, 0.15) is 32.4 Å². The summed E-state index contributed by atoms with van der Waals surface area (Å²) in [6, 6.07) is 7.13. The Kier molecular flexibility index (Phi) is 5.01. The number of hydrogen-bond acceptors (Lipinski definition) is 7. The number of carbonyl (C=O) groups excluding carboxylic acids is 1. The van der Waals surface area contributed by atoms with Crippen LogP contribution in [0.15, 0.2) is 18.2 Å². The standard InChI is InChI=1S/C18H15Cl2N3O3S/c1-22-15(10-2-3-12(19)13(20)8-10)14-11(9-21)17(23-4-6-25-7-5-23)27-16(14)18(24)26-22/h2-3,8,15H,4-7H2,1H3. The van der Waals surface area contributed by atoms with E-state index in [1.807, 2.05) is 6.07 Å². The molecular weight excluding hydrogens is 409 g/mol. The van der Waals surface area contributed by atoms with E-state index in [4.69, 9.17) is 32.8 Å². The number of halogens is 2. The molecule has 1 saturated heterocycles. The number of anilines is 1. The number of rotatable bonds is 2. The van der Waals surface area contributed by atoms with Crippen LogP contribution in [-0.2, 0) is 9.57 Å². The maximum atomic E-state index is 12.5. The Morgan fingerprint density at radius 3 is 2.67 bits per heavy atom. The molecule has 3 heterocycles. The minimum absolute atomic E-state index is 0.406. The second-order valence-electron chi connectivity index (χ2n) is 6.24. The van der Waals surface area contributed by atoms with Gasteiger partial charge in [0.05, 0.1) is 34.9 Å². The second kappa shape index (κ2) is 7.30. The molecule has 0 radical (unpaired) electrons. The van der Waals surface area contributed by atoms with E-state index in [-0.39, 0.29) is 0 Å². The highest BCUT2D eigenvalue weighted by Gasteiger charge is 2.40. The molecule has 2 aromatic rings. The summed E-state index contributed by atoms with van der Waals surface area (Å²) in [5.41, 5.74) is 1.95. The van der Waals surface area contributed by atoms with Gasteiger partial charge in [0, 0.05) is 25.7 Å². The van der Waals surface area contributed by atoms with Crippen molar-refractivity contribution in [3.05, 3.63) is 49.8 Å². The van der Waals surface area contributed by atoms with E-state index in [1.165, 1.54) is 16.4 Å². The topological polar surface area (TPSA) is 65.8 Å². The third-order valence-corrected chi connectivity index (χ3v) is 6.63. The van der Waals surface area contributed by atoms with Crippen LogP contribution in [-0.4, -0.2) is 44.4 Å². The lowest BCUT2D eigenvalue weighted by Gasteiger charge is -2.31. The number of hydroxylamine groups is 2. The highest BCUT2D eigenvalue weighted by atomic mass is 35.5. The van der Waals surface area contributed by atoms with E-state index in [0.29, 0.717) is 52.4 Å². The summed E-state index contributed by atoms with van der Waals surface area (Å²) < 4.78 is 5.40. The molecule has 140 valence electrons. The van der Waals surface area contributed by atoms with Crippen LogP contribution in [0.25, 0.3) is 0 Å². The maximum absolute atomic E-state index is 12.5. The molecule has 1 unspecified atom stereocenters. The molecular formula is C18H15Cl2N3O3S. The number of fused-ring (bicyclic) bond motifs is 1. The van der Waals surface area contributed by atoms with Crippen LogP contribution >= 0.6 is 34.5 Å². The van der Waals surface area contributed by atoms with Crippen molar-refractivity contribution < 1.29 is 14.4 Å². The van der Waals surface area contributed by atoms with Crippen molar-refractivity contribution in [2.45, 2.75) is 6.04 Å². The van der Waals surface area contributed by atoms with Gasteiger partial charge in [0.15, 0.2) is 0 Å². The third kappa shape index (κ3) is 3.18. The molecule has 1 aromatic heterocycles. The van der Waals surface area contributed by atoms with Gasteiger partial charge in [-0.15, -0.1) is 16.4 Å². The number of hydrogen-bond donors (Lipinski definition) is 0. The average Bonchev–Trinajstić information content (AvgIpc) is 3.05. The van der Waals surface area contributed by atoms with Gasteiger partial charge < -0.3 is 14.5 Å². The van der Waals surface area contributed by atoms with Gasteiger partial charge in [-0.2, -0.15) is 5.26 Å². The average molecular weight is 424 g/mol. The summed E-state index contributed by atoms with van der Waals surface area (Å²) in [4.78, 5) is 20.5. The number of nitrogens with zero attached hydrogens (tertiary/aromatic N) is 3. The molecule has 0 saturated carbocycles. The second-order valence-corrected chi connectivity index (χ2v) is 8.05. The summed E-state index contributed by atoms with van der Waals surface area (Å²) >= 11 is 13.5. The van der Waals surface area contributed by atoms with Crippen LogP contribution in [0.3, 0.4) is 0 Å². The third-order valence-electron chi connectivity index (χ3n) is 4.65.